The van der Waals surface area contributed by atoms with Gasteiger partial charge >= 0.3 is 5.97 Å². The van der Waals surface area contributed by atoms with Gasteiger partial charge in [-0.1, -0.05) is 42.5 Å². The van der Waals surface area contributed by atoms with E-state index in [2.05, 4.69) is 5.32 Å². The van der Waals surface area contributed by atoms with E-state index in [0.29, 0.717) is 11.3 Å². The number of nitrogens with zero attached hydrogens (tertiary/aromatic N) is 1. The highest BCUT2D eigenvalue weighted by Crippen LogP contribution is 2.38. The van der Waals surface area contributed by atoms with Gasteiger partial charge in [-0.2, -0.15) is 0 Å². The molecule has 1 aliphatic rings. The third-order valence-electron chi connectivity index (χ3n) is 6.52. The molecule has 0 fully saturated rings. The van der Waals surface area contributed by atoms with Crippen molar-refractivity contribution in [3.8, 4) is 0 Å². The van der Waals surface area contributed by atoms with E-state index in [9.17, 15) is 23.2 Å². The molecule has 0 aliphatic carbocycles. The Morgan fingerprint density at radius 3 is 2.29 bits per heavy atom. The fourth-order valence-electron chi connectivity index (χ4n) is 4.53. The van der Waals surface area contributed by atoms with E-state index in [1.807, 2.05) is 0 Å². The Morgan fingerprint density at radius 2 is 1.63 bits per heavy atom. The maximum atomic E-state index is 14.6. The standard InChI is InChI=1S/C30H28F2N2O4/c1-3-38-30(37)28-19(2)34(27(35)16-25(28)24-6-4-5-7-26(24)32)18-21-8-12-22(13-9-21)29(36)33-17-20-10-14-23(31)15-11-20/h4-15,25H,3,16-18H2,1-2H3,(H,33,36). The van der Waals surface area contributed by atoms with Crippen LogP contribution in [0.2, 0.25) is 0 Å². The minimum absolute atomic E-state index is 0.0731. The van der Waals surface area contributed by atoms with Gasteiger partial charge in [-0.3, -0.25) is 9.59 Å². The topological polar surface area (TPSA) is 75.7 Å². The van der Waals surface area contributed by atoms with Crippen molar-refractivity contribution in [2.75, 3.05) is 6.61 Å². The third kappa shape index (κ3) is 5.96. The summed E-state index contributed by atoms with van der Waals surface area (Å²) in [6, 6.07) is 18.8. The second-order valence-electron chi connectivity index (χ2n) is 8.98. The lowest BCUT2D eigenvalue weighted by atomic mass is 9.83. The molecule has 1 unspecified atom stereocenters. The van der Waals surface area contributed by atoms with Crippen LogP contribution in [-0.2, 0) is 27.4 Å². The summed E-state index contributed by atoms with van der Waals surface area (Å²) in [6.45, 7) is 3.93. The summed E-state index contributed by atoms with van der Waals surface area (Å²) >= 11 is 0. The average molecular weight is 519 g/mol. The molecule has 1 N–H and O–H groups in total. The summed E-state index contributed by atoms with van der Waals surface area (Å²) in [5, 5.41) is 2.79. The number of benzene rings is 3. The van der Waals surface area contributed by atoms with Crippen molar-refractivity contribution in [2.45, 2.75) is 39.3 Å². The van der Waals surface area contributed by atoms with Crippen LogP contribution in [0.25, 0.3) is 0 Å². The first-order valence-corrected chi connectivity index (χ1v) is 12.3. The van der Waals surface area contributed by atoms with E-state index < -0.39 is 17.7 Å². The number of rotatable bonds is 8. The molecule has 3 aromatic rings. The highest BCUT2D eigenvalue weighted by atomic mass is 19.1. The molecule has 0 saturated carbocycles. The SMILES string of the molecule is CCOC(=O)C1=C(C)N(Cc2ccc(C(=O)NCc3ccc(F)cc3)cc2)C(=O)CC1c1ccccc1F. The van der Waals surface area contributed by atoms with Crippen molar-refractivity contribution < 1.29 is 27.9 Å². The third-order valence-corrected chi connectivity index (χ3v) is 6.52. The Morgan fingerprint density at radius 1 is 0.974 bits per heavy atom. The van der Waals surface area contributed by atoms with E-state index in [1.54, 1.807) is 68.4 Å². The molecule has 2 amide bonds. The van der Waals surface area contributed by atoms with Gasteiger partial charge in [0.1, 0.15) is 11.6 Å². The lowest BCUT2D eigenvalue weighted by Gasteiger charge is -2.34. The van der Waals surface area contributed by atoms with Crippen LogP contribution in [0, 0.1) is 11.6 Å². The number of nitrogens with one attached hydrogen (secondary N) is 1. The summed E-state index contributed by atoms with van der Waals surface area (Å²) in [5.41, 5.74) is 2.90. The fraction of sp³-hybridized carbons (Fsp3) is 0.233. The number of ether oxygens (including phenoxy) is 1. The number of esters is 1. The maximum Gasteiger partial charge on any atom is 0.336 e. The number of carbonyl (C=O) groups is 3. The summed E-state index contributed by atoms with van der Waals surface area (Å²) < 4.78 is 32.9. The summed E-state index contributed by atoms with van der Waals surface area (Å²) in [7, 11) is 0. The molecule has 1 aliphatic heterocycles. The van der Waals surface area contributed by atoms with Crippen molar-refractivity contribution in [3.05, 3.63) is 118 Å². The van der Waals surface area contributed by atoms with Crippen LogP contribution in [0.4, 0.5) is 8.78 Å². The van der Waals surface area contributed by atoms with Crippen molar-refractivity contribution >= 4 is 17.8 Å². The summed E-state index contributed by atoms with van der Waals surface area (Å²) in [5.74, 6) is -2.69. The molecule has 0 aromatic heterocycles. The van der Waals surface area contributed by atoms with Gasteiger partial charge in [0.2, 0.25) is 5.91 Å². The Hall–Kier alpha value is -4.33. The van der Waals surface area contributed by atoms with E-state index in [1.165, 1.54) is 23.1 Å². The lowest BCUT2D eigenvalue weighted by Crippen LogP contribution is -2.38. The lowest BCUT2D eigenvalue weighted by molar-refractivity contribution is -0.140. The van der Waals surface area contributed by atoms with E-state index >= 15 is 0 Å². The minimum Gasteiger partial charge on any atom is -0.463 e. The Labute approximate surface area is 219 Å². The molecule has 38 heavy (non-hydrogen) atoms. The van der Waals surface area contributed by atoms with Gasteiger partial charge in [0, 0.05) is 30.1 Å². The zero-order valence-corrected chi connectivity index (χ0v) is 21.2. The Bertz CT molecular complexity index is 1370. The maximum absolute atomic E-state index is 14.6. The number of hydrogen-bond donors (Lipinski definition) is 1. The molecule has 0 saturated heterocycles. The molecule has 6 nitrogen and oxygen atoms in total. The molecule has 0 spiro atoms. The van der Waals surface area contributed by atoms with Crippen molar-refractivity contribution in [3.63, 3.8) is 0 Å². The van der Waals surface area contributed by atoms with Crippen molar-refractivity contribution in [1.29, 1.82) is 0 Å². The van der Waals surface area contributed by atoms with Crippen LogP contribution in [-0.4, -0.2) is 29.3 Å². The smallest absolute Gasteiger partial charge is 0.336 e. The number of carbonyl (C=O) groups excluding carboxylic acids is 3. The first kappa shape index (κ1) is 26.7. The number of allylic oxidation sites excluding steroid dienone is 1. The zero-order chi connectivity index (χ0) is 27.2. The van der Waals surface area contributed by atoms with E-state index in [4.69, 9.17) is 4.74 Å². The van der Waals surface area contributed by atoms with Crippen LogP contribution >= 0.6 is 0 Å². The molecule has 0 radical (unpaired) electrons. The molecular weight excluding hydrogens is 490 g/mol. The van der Waals surface area contributed by atoms with Crippen LogP contribution in [0.1, 0.15) is 53.2 Å². The quantitative estimate of drug-likeness (QED) is 0.414. The molecule has 4 rings (SSSR count). The van der Waals surface area contributed by atoms with Crippen LogP contribution < -0.4 is 5.32 Å². The molecule has 3 aromatic carbocycles. The summed E-state index contributed by atoms with van der Waals surface area (Å²) in [6.07, 6.45) is -0.0731. The van der Waals surface area contributed by atoms with Gasteiger partial charge in [-0.05, 0) is 60.9 Å². The molecule has 196 valence electrons. The molecule has 8 heteroatoms. The van der Waals surface area contributed by atoms with Crippen molar-refractivity contribution in [1.82, 2.24) is 10.2 Å². The van der Waals surface area contributed by atoms with Gasteiger partial charge in [-0.25, -0.2) is 13.6 Å². The monoisotopic (exact) mass is 518 g/mol. The highest BCUT2D eigenvalue weighted by Gasteiger charge is 2.37. The van der Waals surface area contributed by atoms with Gasteiger partial charge in [0.05, 0.1) is 18.7 Å². The second kappa shape index (κ2) is 11.8. The molecular formula is C30H28F2N2O4. The second-order valence-corrected chi connectivity index (χ2v) is 8.98. The highest BCUT2D eigenvalue weighted by molar-refractivity contribution is 5.96. The zero-order valence-electron chi connectivity index (χ0n) is 21.2. The number of hydrogen-bond acceptors (Lipinski definition) is 4. The average Bonchev–Trinajstić information content (AvgIpc) is 2.91. The van der Waals surface area contributed by atoms with Crippen LogP contribution in [0.3, 0.4) is 0 Å². The van der Waals surface area contributed by atoms with E-state index in [-0.39, 0.29) is 54.9 Å². The molecule has 0 bridgehead atoms. The molecule has 1 atom stereocenters. The Kier molecular flexibility index (Phi) is 8.31. The van der Waals surface area contributed by atoms with Crippen molar-refractivity contribution in [2.24, 2.45) is 0 Å². The van der Waals surface area contributed by atoms with Gasteiger partial charge in [0.25, 0.3) is 5.91 Å². The predicted molar refractivity (Wildman–Crippen MR) is 138 cm³/mol. The predicted octanol–water partition coefficient (Wildman–Crippen LogP) is 5.25. The number of halogens is 2. The first-order valence-electron chi connectivity index (χ1n) is 12.3. The van der Waals surface area contributed by atoms with Crippen LogP contribution in [0.5, 0.6) is 0 Å². The largest absolute Gasteiger partial charge is 0.463 e. The fourth-order valence-corrected chi connectivity index (χ4v) is 4.53. The summed E-state index contributed by atoms with van der Waals surface area (Å²) in [4.78, 5) is 40.1. The van der Waals surface area contributed by atoms with Gasteiger partial charge in [-0.15, -0.1) is 0 Å². The van der Waals surface area contributed by atoms with E-state index in [0.717, 1.165) is 11.1 Å². The molecule has 1 heterocycles. The normalized spacial score (nSPS) is 15.4. The van der Waals surface area contributed by atoms with Crippen LogP contribution in [0.15, 0.2) is 84.1 Å². The van der Waals surface area contributed by atoms with Gasteiger partial charge < -0.3 is 15.0 Å². The first-order chi connectivity index (χ1) is 18.3. The van der Waals surface area contributed by atoms with Gasteiger partial charge in [0.15, 0.2) is 0 Å². The Balaban J connectivity index is 1.52. The number of amides is 2. The minimum atomic E-state index is -0.744.